The molecule has 3 heteroatoms. The van der Waals surface area contributed by atoms with Gasteiger partial charge >= 0.3 is 0 Å². The molecule has 2 nitrogen and oxygen atoms in total. The van der Waals surface area contributed by atoms with Crippen molar-refractivity contribution in [3.8, 4) is 0 Å². The smallest absolute Gasteiger partial charge is 0.221 e. The zero-order chi connectivity index (χ0) is 9.98. The zero-order valence-electron chi connectivity index (χ0n) is 7.97. The second-order valence-corrected chi connectivity index (χ2v) is 3.33. The van der Waals surface area contributed by atoms with E-state index >= 15 is 0 Å². The minimum absolute atomic E-state index is 0.241. The molecule has 0 aromatic rings. The summed E-state index contributed by atoms with van der Waals surface area (Å²) >= 11 is 5.03. The summed E-state index contributed by atoms with van der Waals surface area (Å²) < 4.78 is 0. The van der Waals surface area contributed by atoms with Crippen molar-refractivity contribution in [1.29, 1.82) is 0 Å². The molecule has 0 spiro atoms. The van der Waals surface area contributed by atoms with Crippen LogP contribution >= 0.6 is 11.6 Å². The summed E-state index contributed by atoms with van der Waals surface area (Å²) in [5.74, 6) is 0.394. The van der Waals surface area contributed by atoms with E-state index in [1.165, 1.54) is 0 Å². The first kappa shape index (κ1) is 14.2. The third-order valence-electron chi connectivity index (χ3n) is 0.975. The van der Waals surface area contributed by atoms with Gasteiger partial charge in [-0.1, -0.05) is 20.8 Å². The largest absolute Gasteiger partial charge is 0.303 e. The van der Waals surface area contributed by atoms with Crippen LogP contribution in [0.3, 0.4) is 0 Å². The molecule has 0 aromatic carbocycles. The Bertz CT molecular complexity index is 122. The number of halogens is 1. The van der Waals surface area contributed by atoms with Crippen molar-refractivity contribution in [2.75, 3.05) is 0 Å². The number of rotatable bonds is 4. The van der Waals surface area contributed by atoms with Crippen molar-refractivity contribution in [1.82, 2.24) is 0 Å². The fourth-order valence-electron chi connectivity index (χ4n) is 0.439. The van der Waals surface area contributed by atoms with Gasteiger partial charge in [0.1, 0.15) is 6.29 Å². The molecule has 0 unspecified atom stereocenters. The maximum atomic E-state index is 10.0. The monoisotopic (exact) mass is 192 g/mol. The predicted octanol–water partition coefficient (Wildman–Crippen LogP) is 2.78. The third kappa shape index (κ3) is 22.6. The molecule has 0 heterocycles. The van der Waals surface area contributed by atoms with Crippen LogP contribution in [0, 0.1) is 5.92 Å². The average molecular weight is 193 g/mol. The van der Waals surface area contributed by atoms with Crippen LogP contribution in [0.15, 0.2) is 0 Å². The van der Waals surface area contributed by atoms with Crippen molar-refractivity contribution < 1.29 is 9.59 Å². The Morgan fingerprint density at radius 1 is 1.50 bits per heavy atom. The number of aldehydes is 1. The first-order valence-corrected chi connectivity index (χ1v) is 4.54. The molecule has 0 saturated heterocycles. The molecular weight excluding hydrogens is 176 g/mol. The Hall–Kier alpha value is -0.370. The summed E-state index contributed by atoms with van der Waals surface area (Å²) in [6.45, 7) is 5.90. The van der Waals surface area contributed by atoms with Gasteiger partial charge in [0.05, 0.1) is 0 Å². The minimum atomic E-state index is -0.241. The highest BCUT2D eigenvalue weighted by Gasteiger charge is 1.97. The van der Waals surface area contributed by atoms with Crippen LogP contribution in [-0.4, -0.2) is 11.5 Å². The average Bonchev–Trinajstić information content (AvgIpc) is 1.87. The first-order valence-electron chi connectivity index (χ1n) is 4.16. The van der Waals surface area contributed by atoms with Crippen molar-refractivity contribution in [2.24, 2.45) is 5.92 Å². The van der Waals surface area contributed by atoms with Crippen LogP contribution in [0.1, 0.15) is 40.0 Å². The Morgan fingerprint density at radius 2 is 2.00 bits per heavy atom. The Balaban J connectivity index is 0. The summed E-state index contributed by atoms with van der Waals surface area (Å²) in [7, 11) is 0. The fourth-order valence-corrected chi connectivity index (χ4v) is 0.747. The van der Waals surface area contributed by atoms with Crippen molar-refractivity contribution in [2.45, 2.75) is 40.0 Å². The number of hydrogen-bond donors (Lipinski definition) is 0. The lowest BCUT2D eigenvalue weighted by Crippen LogP contribution is -1.92. The van der Waals surface area contributed by atoms with Gasteiger partial charge < -0.3 is 4.79 Å². The number of unbranched alkanes of at least 4 members (excludes halogenated alkanes) is 1. The van der Waals surface area contributed by atoms with Gasteiger partial charge in [0, 0.05) is 12.8 Å². The molecule has 0 N–H and O–H groups in total. The first-order chi connectivity index (χ1) is 5.54. The van der Waals surface area contributed by atoms with Gasteiger partial charge in [-0.2, -0.15) is 0 Å². The van der Waals surface area contributed by atoms with Crippen LogP contribution in [0.25, 0.3) is 0 Å². The quantitative estimate of drug-likeness (QED) is 0.507. The van der Waals surface area contributed by atoms with E-state index in [1.807, 2.05) is 20.8 Å². The molecule has 0 radical (unpaired) electrons. The maximum absolute atomic E-state index is 10.0. The van der Waals surface area contributed by atoms with E-state index in [0.29, 0.717) is 18.8 Å². The normalized spacial score (nSPS) is 8.75. The van der Waals surface area contributed by atoms with Gasteiger partial charge in [0.15, 0.2) is 0 Å². The van der Waals surface area contributed by atoms with Gasteiger partial charge in [-0.05, 0) is 23.9 Å². The molecule has 0 bridgehead atoms. The van der Waals surface area contributed by atoms with Gasteiger partial charge in [-0.3, -0.25) is 4.79 Å². The Labute approximate surface area is 79.3 Å². The van der Waals surface area contributed by atoms with Gasteiger partial charge in [0.25, 0.3) is 0 Å². The molecule has 0 aliphatic heterocycles. The second-order valence-electron chi connectivity index (χ2n) is 2.91. The molecule has 0 atom stereocenters. The standard InChI is InChI=1S/C5H9ClO.C4H8O/c1-4(2)3-5(6)7;1-2-3-4-5/h4H,3H2,1-2H3;4H,2-3H2,1H3. The molecular formula is C9H17ClO2. The highest BCUT2D eigenvalue weighted by atomic mass is 35.5. The van der Waals surface area contributed by atoms with E-state index in [4.69, 9.17) is 11.6 Å². The molecule has 0 rings (SSSR count). The van der Waals surface area contributed by atoms with Crippen LogP contribution in [0.2, 0.25) is 0 Å². The Morgan fingerprint density at radius 3 is 2.00 bits per heavy atom. The lowest BCUT2D eigenvalue weighted by Gasteiger charge is -1.93. The summed E-state index contributed by atoms with van der Waals surface area (Å²) in [6, 6.07) is 0. The van der Waals surface area contributed by atoms with Crippen LogP contribution in [0.5, 0.6) is 0 Å². The minimum Gasteiger partial charge on any atom is -0.303 e. The molecule has 0 aliphatic rings. The molecule has 0 fully saturated rings. The maximum Gasteiger partial charge on any atom is 0.221 e. The third-order valence-corrected chi connectivity index (χ3v) is 1.13. The van der Waals surface area contributed by atoms with Crippen molar-refractivity contribution in [3.63, 3.8) is 0 Å². The van der Waals surface area contributed by atoms with Crippen LogP contribution in [-0.2, 0) is 9.59 Å². The summed E-state index contributed by atoms with van der Waals surface area (Å²) in [5.41, 5.74) is 0. The number of carbonyl (C=O) groups is 2. The predicted molar refractivity (Wildman–Crippen MR) is 51.3 cm³/mol. The van der Waals surface area contributed by atoms with E-state index in [0.717, 1.165) is 12.7 Å². The Kier molecular flexibility index (Phi) is 12.6. The fraction of sp³-hybridized carbons (Fsp3) is 0.778. The van der Waals surface area contributed by atoms with E-state index < -0.39 is 0 Å². The molecule has 0 aliphatic carbocycles. The van der Waals surface area contributed by atoms with Crippen LogP contribution in [0.4, 0.5) is 0 Å². The van der Waals surface area contributed by atoms with Crippen LogP contribution < -0.4 is 0 Å². The topological polar surface area (TPSA) is 34.1 Å². The summed E-state index contributed by atoms with van der Waals surface area (Å²) in [4.78, 5) is 19.4. The van der Waals surface area contributed by atoms with E-state index in [-0.39, 0.29) is 5.24 Å². The van der Waals surface area contributed by atoms with Gasteiger partial charge in [-0.15, -0.1) is 0 Å². The molecule has 12 heavy (non-hydrogen) atoms. The highest BCUT2D eigenvalue weighted by Crippen LogP contribution is 2.01. The van der Waals surface area contributed by atoms with Crippen molar-refractivity contribution in [3.05, 3.63) is 0 Å². The summed E-state index contributed by atoms with van der Waals surface area (Å²) in [5, 5.41) is -0.241. The molecule has 0 amide bonds. The molecule has 72 valence electrons. The number of hydrogen-bond acceptors (Lipinski definition) is 2. The van der Waals surface area contributed by atoms with Gasteiger partial charge in [-0.25, -0.2) is 0 Å². The molecule has 0 aromatic heterocycles. The van der Waals surface area contributed by atoms with Crippen molar-refractivity contribution >= 4 is 23.1 Å². The van der Waals surface area contributed by atoms with Gasteiger partial charge in [0.2, 0.25) is 5.24 Å². The highest BCUT2D eigenvalue weighted by molar-refractivity contribution is 6.63. The van der Waals surface area contributed by atoms with E-state index in [1.54, 1.807) is 0 Å². The number of carbonyl (C=O) groups excluding carboxylic acids is 2. The SMILES string of the molecule is CC(C)CC(=O)Cl.CCCC=O. The lowest BCUT2D eigenvalue weighted by molar-refractivity contribution is -0.112. The lowest BCUT2D eigenvalue weighted by atomic mass is 10.2. The zero-order valence-corrected chi connectivity index (χ0v) is 8.73. The summed E-state index contributed by atoms with van der Waals surface area (Å²) in [6.07, 6.45) is 3.10. The van der Waals surface area contributed by atoms with E-state index in [2.05, 4.69) is 0 Å². The second kappa shape index (κ2) is 10.6. The molecule has 0 saturated carbocycles. The van der Waals surface area contributed by atoms with E-state index in [9.17, 15) is 9.59 Å².